The minimum absolute atomic E-state index is 0.00111. The molecule has 4 aromatic rings. The monoisotopic (exact) mass is 344 g/mol. The molecule has 0 atom stereocenters. The zero-order chi connectivity index (χ0) is 26.5. The van der Waals surface area contributed by atoms with E-state index in [2.05, 4.69) is 0 Å². The minimum Gasteiger partial charge on any atom is -0.0622 e. The van der Waals surface area contributed by atoms with Crippen LogP contribution in [0.1, 0.15) is 30.4 Å². The fraction of sp³-hybridized carbons (Fsp3) is 0.0769. The highest BCUT2D eigenvalue weighted by molar-refractivity contribution is 5.79. The van der Waals surface area contributed by atoms with E-state index in [1.54, 1.807) is 18.2 Å². The van der Waals surface area contributed by atoms with Crippen LogP contribution in [0.25, 0.3) is 22.3 Å². The summed E-state index contributed by atoms with van der Waals surface area (Å²) >= 11 is 0. The predicted molar refractivity (Wildman–Crippen MR) is 111 cm³/mol. The molecule has 0 heterocycles. The summed E-state index contributed by atoms with van der Waals surface area (Å²) in [7, 11) is 0. The normalized spacial score (nSPS) is 16.0. The van der Waals surface area contributed by atoms with Crippen LogP contribution in [0.2, 0.25) is 0 Å². The molecule has 0 fully saturated rings. The van der Waals surface area contributed by atoms with Crippen LogP contribution in [0.5, 0.6) is 0 Å². The summed E-state index contributed by atoms with van der Waals surface area (Å²) in [4.78, 5) is 0. The molecule has 4 rings (SSSR count). The highest BCUT2D eigenvalue weighted by atomic mass is 14.2. The van der Waals surface area contributed by atoms with Crippen molar-refractivity contribution < 1.29 is 13.7 Å². The summed E-state index contributed by atoms with van der Waals surface area (Å²) in [6, 6.07) is 8.08. The first-order chi connectivity index (χ1) is 17.0. The molecular weight excluding hydrogens is 312 g/mol. The molecule has 0 spiro atoms. The van der Waals surface area contributed by atoms with Crippen LogP contribution in [0.15, 0.2) is 103 Å². The van der Waals surface area contributed by atoms with E-state index in [0.717, 1.165) is 11.1 Å². The van der Waals surface area contributed by atoms with Crippen molar-refractivity contribution in [3.63, 3.8) is 0 Å². The third-order valence-electron chi connectivity index (χ3n) is 4.34. The molecule has 0 aromatic heterocycles. The molecule has 0 saturated heterocycles. The zero-order valence-corrected chi connectivity index (χ0v) is 14.2. The highest BCUT2D eigenvalue weighted by Crippen LogP contribution is 2.34. The lowest BCUT2D eigenvalue weighted by molar-refractivity contribution is 1.16. The van der Waals surface area contributed by atoms with Gasteiger partial charge < -0.3 is 0 Å². The fourth-order valence-corrected chi connectivity index (χ4v) is 3.01. The number of aryl methyl sites for hydroxylation is 1. The van der Waals surface area contributed by atoms with Gasteiger partial charge in [-0.25, -0.2) is 0 Å². The van der Waals surface area contributed by atoms with E-state index in [4.69, 9.17) is 13.7 Å². The van der Waals surface area contributed by atoms with Gasteiger partial charge in [0.15, 0.2) is 0 Å². The van der Waals surface area contributed by atoms with E-state index in [-0.39, 0.29) is 41.7 Å². The molecule has 0 bridgehead atoms. The van der Waals surface area contributed by atoms with Crippen LogP contribution in [0.4, 0.5) is 0 Å². The van der Waals surface area contributed by atoms with Crippen molar-refractivity contribution in [1.29, 1.82) is 0 Å². The lowest BCUT2D eigenvalue weighted by Gasteiger charge is -2.17. The van der Waals surface area contributed by atoms with Crippen LogP contribution in [-0.2, 0) is 6.42 Å². The molecule has 0 aliphatic rings. The van der Waals surface area contributed by atoms with Crippen molar-refractivity contribution in [2.45, 2.75) is 13.3 Å². The van der Waals surface area contributed by atoms with Gasteiger partial charge in [-0.05, 0) is 52.3 Å². The van der Waals surface area contributed by atoms with Crippen LogP contribution in [-0.4, -0.2) is 0 Å². The molecule has 0 amide bonds. The average Bonchev–Trinajstić information content (AvgIpc) is 2.86. The van der Waals surface area contributed by atoms with Gasteiger partial charge in [0.25, 0.3) is 0 Å². The van der Waals surface area contributed by atoms with Gasteiger partial charge in [0.05, 0.1) is 13.7 Å². The fourth-order valence-electron chi connectivity index (χ4n) is 3.01. The van der Waals surface area contributed by atoms with E-state index in [9.17, 15) is 0 Å². The quantitative estimate of drug-likeness (QED) is 0.377. The molecule has 0 radical (unpaired) electrons. The van der Waals surface area contributed by atoms with Crippen molar-refractivity contribution in [3.8, 4) is 22.3 Å². The van der Waals surface area contributed by atoms with Gasteiger partial charge in [-0.1, -0.05) is 103 Å². The summed E-state index contributed by atoms with van der Waals surface area (Å²) < 4.78 is 82.5. The molecule has 26 heavy (non-hydrogen) atoms. The Morgan fingerprint density at radius 2 is 1.19 bits per heavy atom. The van der Waals surface area contributed by atoms with E-state index in [1.165, 1.54) is 0 Å². The highest BCUT2D eigenvalue weighted by Gasteiger charge is 2.13. The Morgan fingerprint density at radius 3 is 1.73 bits per heavy atom. The lowest BCUT2D eigenvalue weighted by atomic mass is 9.87. The van der Waals surface area contributed by atoms with E-state index >= 15 is 0 Å². The minimum atomic E-state index is -0.504. The van der Waals surface area contributed by atoms with Crippen LogP contribution in [0, 0.1) is 6.92 Å². The Bertz CT molecular complexity index is 1380. The topological polar surface area (TPSA) is 0 Å². The van der Waals surface area contributed by atoms with Gasteiger partial charge in [-0.15, -0.1) is 0 Å². The molecule has 0 aliphatic carbocycles. The summed E-state index contributed by atoms with van der Waals surface area (Å²) in [6.07, 6.45) is 0.253. The molecule has 0 N–H and O–H groups in total. The number of rotatable bonds is 4. The predicted octanol–water partition coefficient (Wildman–Crippen LogP) is 6.92. The number of benzene rings is 4. The Kier molecular flexibility index (Phi) is 2.42. The van der Waals surface area contributed by atoms with Gasteiger partial charge in [0.2, 0.25) is 0 Å². The largest absolute Gasteiger partial charge is 0.0629 e. The first-order valence-electron chi connectivity index (χ1n) is 13.3. The number of hydrogen-bond acceptors (Lipinski definition) is 0. The third-order valence-corrected chi connectivity index (χ3v) is 4.34. The smallest absolute Gasteiger partial charge is 0.0622 e. The first-order valence-corrected chi connectivity index (χ1v) is 8.28. The molecule has 0 aliphatic heterocycles. The van der Waals surface area contributed by atoms with Crippen LogP contribution < -0.4 is 0 Å². The summed E-state index contributed by atoms with van der Waals surface area (Å²) in [5.41, 5.74) is 3.05. The van der Waals surface area contributed by atoms with Gasteiger partial charge in [0.1, 0.15) is 0 Å². The van der Waals surface area contributed by atoms with E-state index < -0.39 is 36.3 Å². The van der Waals surface area contributed by atoms with Crippen molar-refractivity contribution >= 4 is 0 Å². The second-order valence-electron chi connectivity index (χ2n) is 5.93. The molecular formula is C26H22. The zero-order valence-electron chi connectivity index (χ0n) is 24.2. The molecule has 0 unspecified atom stereocenters. The summed E-state index contributed by atoms with van der Waals surface area (Å²) in [6.45, 7) is 1.92. The molecule has 0 saturated carbocycles. The molecule has 126 valence electrons. The Balaban J connectivity index is 2.15. The van der Waals surface area contributed by atoms with Crippen LogP contribution >= 0.6 is 0 Å². The van der Waals surface area contributed by atoms with Gasteiger partial charge in [0, 0.05) is 0 Å². The lowest BCUT2D eigenvalue weighted by Crippen LogP contribution is -1.98. The Hall–Kier alpha value is -3.12. The Labute approximate surface area is 169 Å². The molecule has 0 nitrogen and oxygen atoms in total. The van der Waals surface area contributed by atoms with Crippen molar-refractivity contribution in [1.82, 2.24) is 0 Å². The average molecular weight is 345 g/mol. The Morgan fingerprint density at radius 1 is 0.654 bits per heavy atom. The SMILES string of the molecule is [2H]c1c([2H])c([2H])c(-c2cccc(-c3c([2H])c([2H])c([2H])c([2H])c3[2H])c2Cc2ccccc2C)c([2H])c1[2H]. The summed E-state index contributed by atoms with van der Waals surface area (Å²) in [5.74, 6) is 0. The van der Waals surface area contributed by atoms with E-state index in [0.29, 0.717) is 16.7 Å². The van der Waals surface area contributed by atoms with Crippen molar-refractivity contribution in [3.05, 3.63) is 120 Å². The molecule has 4 aromatic carbocycles. The van der Waals surface area contributed by atoms with Gasteiger partial charge >= 0.3 is 0 Å². The maximum absolute atomic E-state index is 8.52. The van der Waals surface area contributed by atoms with Crippen molar-refractivity contribution in [2.75, 3.05) is 0 Å². The van der Waals surface area contributed by atoms with Crippen molar-refractivity contribution in [2.24, 2.45) is 0 Å². The second-order valence-corrected chi connectivity index (χ2v) is 5.93. The van der Waals surface area contributed by atoms with Gasteiger partial charge in [-0.3, -0.25) is 0 Å². The summed E-state index contributed by atoms with van der Waals surface area (Å²) in [5, 5.41) is 0. The molecule has 0 heteroatoms. The number of hydrogen-bond donors (Lipinski definition) is 0. The maximum Gasteiger partial charge on any atom is 0.0629 e. The van der Waals surface area contributed by atoms with Gasteiger partial charge in [-0.2, -0.15) is 0 Å². The standard InChI is InChI=1S/C26H22/c1-20-11-8-9-16-23(20)19-26-24(21-12-4-2-5-13-21)17-10-18-25(26)22-14-6-3-7-15-22/h2-18H,19H2,1H3/i2D,3D,4D,5D,6D,7D,12D,13D,14D,15D. The second kappa shape index (κ2) is 7.41. The van der Waals surface area contributed by atoms with E-state index in [1.807, 2.05) is 31.2 Å². The first kappa shape index (κ1) is 8.51. The van der Waals surface area contributed by atoms with Crippen LogP contribution in [0.3, 0.4) is 0 Å². The third kappa shape index (κ3) is 3.32. The maximum atomic E-state index is 8.52.